The predicted octanol–water partition coefficient (Wildman–Crippen LogP) is 3.24. The quantitative estimate of drug-likeness (QED) is 0.671. The van der Waals surface area contributed by atoms with Gasteiger partial charge in [-0.3, -0.25) is 4.79 Å². The summed E-state index contributed by atoms with van der Waals surface area (Å²) in [4.78, 5) is 21.8. The molecular formula is C13H10N4O2S3. The number of hydrogen-bond acceptors (Lipinski definition) is 8. The standard InChI is InChI=1S/C13H10N4O2S3/c1-6-16-17-10-8(11(18)15-12(17)21-6)9(7-4-3-5-19-7)22-13(14-10)20-2/h3-5,9H,1-2H3. The molecule has 6 nitrogen and oxygen atoms in total. The highest BCUT2D eigenvalue weighted by Crippen LogP contribution is 2.45. The van der Waals surface area contributed by atoms with Crippen LogP contribution in [0.3, 0.4) is 0 Å². The summed E-state index contributed by atoms with van der Waals surface area (Å²) < 4.78 is 8.05. The van der Waals surface area contributed by atoms with Gasteiger partial charge in [0.15, 0.2) is 5.82 Å². The van der Waals surface area contributed by atoms with Gasteiger partial charge < -0.3 is 4.42 Å². The van der Waals surface area contributed by atoms with Gasteiger partial charge in [0.1, 0.15) is 20.4 Å². The zero-order valence-corrected chi connectivity index (χ0v) is 14.1. The maximum atomic E-state index is 12.5. The highest BCUT2D eigenvalue weighted by atomic mass is 32.2. The molecule has 0 aromatic carbocycles. The number of aromatic nitrogens is 3. The van der Waals surface area contributed by atoms with E-state index in [1.807, 2.05) is 25.3 Å². The van der Waals surface area contributed by atoms with Crippen molar-refractivity contribution in [2.75, 3.05) is 6.26 Å². The van der Waals surface area contributed by atoms with E-state index in [1.54, 1.807) is 22.5 Å². The second-order valence-corrected chi connectivity index (χ2v) is 7.87. The van der Waals surface area contributed by atoms with Crippen molar-refractivity contribution in [3.05, 3.63) is 45.1 Å². The summed E-state index contributed by atoms with van der Waals surface area (Å²) in [6, 6.07) is 3.68. The van der Waals surface area contributed by atoms with Gasteiger partial charge in [-0.1, -0.05) is 23.1 Å². The molecule has 0 aliphatic carbocycles. The van der Waals surface area contributed by atoms with Crippen LogP contribution in [0.25, 0.3) is 4.96 Å². The van der Waals surface area contributed by atoms with Crippen LogP contribution in [0.15, 0.2) is 32.6 Å². The van der Waals surface area contributed by atoms with E-state index < -0.39 is 0 Å². The third-order valence-electron chi connectivity index (χ3n) is 3.18. The summed E-state index contributed by atoms with van der Waals surface area (Å²) >= 11 is 4.43. The van der Waals surface area contributed by atoms with Crippen LogP contribution >= 0.6 is 34.9 Å². The third kappa shape index (κ3) is 2.11. The molecule has 1 unspecified atom stereocenters. The molecule has 1 aliphatic rings. The van der Waals surface area contributed by atoms with Crippen LogP contribution in [0.1, 0.15) is 21.6 Å². The highest BCUT2D eigenvalue weighted by Gasteiger charge is 2.32. The number of aryl methyl sites for hydroxylation is 1. The number of thioether (sulfide) groups is 2. The van der Waals surface area contributed by atoms with E-state index in [9.17, 15) is 4.79 Å². The molecule has 3 aromatic heterocycles. The van der Waals surface area contributed by atoms with Crippen LogP contribution in [-0.2, 0) is 0 Å². The molecule has 0 radical (unpaired) electrons. The fourth-order valence-electron chi connectivity index (χ4n) is 2.29. The van der Waals surface area contributed by atoms with Crippen molar-refractivity contribution < 1.29 is 4.42 Å². The number of aliphatic imine (C=N–C) groups is 1. The lowest BCUT2D eigenvalue weighted by Gasteiger charge is -2.20. The molecule has 4 heterocycles. The maximum Gasteiger partial charge on any atom is 0.281 e. The topological polar surface area (TPSA) is 72.8 Å². The molecule has 0 N–H and O–H groups in total. The van der Waals surface area contributed by atoms with Crippen molar-refractivity contribution in [1.82, 2.24) is 14.6 Å². The molecule has 3 aromatic rings. The molecule has 1 aliphatic heterocycles. The van der Waals surface area contributed by atoms with E-state index in [-0.39, 0.29) is 10.8 Å². The monoisotopic (exact) mass is 350 g/mol. The van der Waals surface area contributed by atoms with Gasteiger partial charge in [0, 0.05) is 0 Å². The lowest BCUT2D eigenvalue weighted by Crippen LogP contribution is -2.21. The summed E-state index contributed by atoms with van der Waals surface area (Å²) in [5.41, 5.74) is 0.261. The zero-order chi connectivity index (χ0) is 15.3. The molecule has 0 saturated heterocycles. The number of rotatable bonds is 1. The van der Waals surface area contributed by atoms with Crippen molar-refractivity contribution in [2.45, 2.75) is 12.2 Å². The Hall–Kier alpha value is -1.58. The van der Waals surface area contributed by atoms with Gasteiger partial charge in [0.2, 0.25) is 4.96 Å². The second kappa shape index (κ2) is 5.25. The summed E-state index contributed by atoms with van der Waals surface area (Å²) in [6.07, 6.45) is 3.57. The Morgan fingerprint density at radius 1 is 1.45 bits per heavy atom. The Kier molecular flexibility index (Phi) is 3.35. The lowest BCUT2D eigenvalue weighted by atomic mass is 10.1. The van der Waals surface area contributed by atoms with Crippen LogP contribution in [0.4, 0.5) is 5.82 Å². The zero-order valence-electron chi connectivity index (χ0n) is 11.6. The van der Waals surface area contributed by atoms with Crippen molar-refractivity contribution in [1.29, 1.82) is 0 Å². The third-order valence-corrected chi connectivity index (χ3v) is 6.23. The minimum absolute atomic E-state index is 0.246. The molecule has 0 fully saturated rings. The minimum atomic E-state index is -0.267. The molecule has 4 rings (SSSR count). The molecular weight excluding hydrogens is 340 g/mol. The SMILES string of the molecule is CSC1=Nc2c(c(=O)nc3sc(C)nn23)C(c2ccco2)S1. The number of nitrogens with zero attached hydrogens (tertiary/aromatic N) is 4. The van der Waals surface area contributed by atoms with Gasteiger partial charge in [-0.15, -0.1) is 11.8 Å². The summed E-state index contributed by atoms with van der Waals surface area (Å²) in [7, 11) is 0. The summed E-state index contributed by atoms with van der Waals surface area (Å²) in [6.45, 7) is 1.89. The van der Waals surface area contributed by atoms with E-state index in [0.29, 0.717) is 16.3 Å². The minimum Gasteiger partial charge on any atom is -0.468 e. The molecule has 0 bridgehead atoms. The molecule has 1 atom stereocenters. The first kappa shape index (κ1) is 14.0. The molecule has 22 heavy (non-hydrogen) atoms. The Bertz CT molecular complexity index is 942. The van der Waals surface area contributed by atoms with E-state index in [2.05, 4.69) is 15.1 Å². The predicted molar refractivity (Wildman–Crippen MR) is 90.6 cm³/mol. The second-order valence-electron chi connectivity index (χ2n) is 4.56. The Balaban J connectivity index is 2.06. The van der Waals surface area contributed by atoms with Gasteiger partial charge in [-0.05, 0) is 25.3 Å². The van der Waals surface area contributed by atoms with Crippen molar-refractivity contribution in [2.24, 2.45) is 4.99 Å². The number of hydrogen-bond donors (Lipinski definition) is 0. The van der Waals surface area contributed by atoms with Gasteiger partial charge in [-0.2, -0.15) is 14.6 Å². The average molecular weight is 350 g/mol. The van der Waals surface area contributed by atoms with E-state index in [1.165, 1.54) is 23.1 Å². The van der Waals surface area contributed by atoms with E-state index in [4.69, 9.17) is 4.42 Å². The van der Waals surface area contributed by atoms with Crippen molar-refractivity contribution in [3.63, 3.8) is 0 Å². The largest absolute Gasteiger partial charge is 0.468 e. The summed E-state index contributed by atoms with van der Waals surface area (Å²) in [5.74, 6) is 1.28. The van der Waals surface area contributed by atoms with Crippen LogP contribution in [0.5, 0.6) is 0 Å². The van der Waals surface area contributed by atoms with Gasteiger partial charge >= 0.3 is 0 Å². The molecule has 9 heteroatoms. The maximum absolute atomic E-state index is 12.5. The lowest BCUT2D eigenvalue weighted by molar-refractivity contribution is 0.517. The van der Waals surface area contributed by atoms with Crippen LogP contribution in [0.2, 0.25) is 0 Å². The Morgan fingerprint density at radius 2 is 2.32 bits per heavy atom. The first-order valence-corrected chi connectivity index (χ1v) is 9.32. The van der Waals surface area contributed by atoms with Gasteiger partial charge in [-0.25, -0.2) is 4.99 Å². The van der Waals surface area contributed by atoms with Crippen LogP contribution < -0.4 is 5.56 Å². The number of fused-ring (bicyclic) bond motifs is 3. The molecule has 0 amide bonds. The smallest absolute Gasteiger partial charge is 0.281 e. The van der Waals surface area contributed by atoms with Crippen LogP contribution in [0, 0.1) is 6.92 Å². The first-order chi connectivity index (χ1) is 10.7. The normalized spacial score (nSPS) is 17.5. The molecule has 0 spiro atoms. The van der Waals surface area contributed by atoms with E-state index >= 15 is 0 Å². The average Bonchev–Trinajstić information content (AvgIpc) is 3.15. The van der Waals surface area contributed by atoms with Crippen molar-refractivity contribution in [3.8, 4) is 0 Å². The van der Waals surface area contributed by atoms with Crippen molar-refractivity contribution >= 4 is 50.0 Å². The van der Waals surface area contributed by atoms with E-state index in [0.717, 1.165) is 15.1 Å². The molecule has 0 saturated carbocycles. The fraction of sp³-hybridized carbons (Fsp3) is 0.231. The number of furan rings is 1. The summed E-state index contributed by atoms with van der Waals surface area (Å²) in [5, 5.41) is 5.02. The molecule has 112 valence electrons. The van der Waals surface area contributed by atoms with Gasteiger partial charge in [0.05, 0.1) is 11.8 Å². The highest BCUT2D eigenvalue weighted by molar-refractivity contribution is 8.38. The fourth-order valence-corrected chi connectivity index (χ4v) is 4.78. The Labute approximate surface area is 137 Å². The van der Waals surface area contributed by atoms with Crippen LogP contribution in [-0.4, -0.2) is 25.2 Å². The first-order valence-electron chi connectivity index (χ1n) is 6.40. The Morgan fingerprint density at radius 3 is 3.05 bits per heavy atom. The van der Waals surface area contributed by atoms with Gasteiger partial charge in [0.25, 0.3) is 5.56 Å².